The van der Waals surface area contributed by atoms with Crippen LogP contribution in [0.2, 0.25) is 0 Å². The standard InChI is InChI=1S/C17H14N2O4/c20-15(12-6-2-1-3-7-12)18-23-11-10-19-16(21)13-8-4-5-9-14(13)17(19)22/h1-9H,10-11H2,(H,18,20)/i10D2,11D2. The Bertz CT molecular complexity index is 883. The van der Waals surface area contributed by atoms with Gasteiger partial charge in [0, 0.05) is 5.56 Å². The zero-order valence-corrected chi connectivity index (χ0v) is 11.8. The third-order valence-electron chi connectivity index (χ3n) is 3.18. The molecule has 0 saturated heterocycles. The lowest BCUT2D eigenvalue weighted by Crippen LogP contribution is -2.35. The summed E-state index contributed by atoms with van der Waals surface area (Å²) in [6.45, 7) is -6.41. The van der Waals surface area contributed by atoms with Crippen molar-refractivity contribution in [1.82, 2.24) is 10.4 Å². The van der Waals surface area contributed by atoms with Crippen LogP contribution in [0.25, 0.3) is 0 Å². The molecule has 116 valence electrons. The SMILES string of the molecule is [2H]C([2H])(ONC(=O)c1ccccc1)C([2H])([2H])N1C(=O)c2ccccc2C1=O. The quantitative estimate of drug-likeness (QED) is 0.672. The monoisotopic (exact) mass is 314 g/mol. The number of hydrogen-bond donors (Lipinski definition) is 1. The number of hydrogen-bond acceptors (Lipinski definition) is 4. The molecule has 0 bridgehead atoms. The number of nitrogens with zero attached hydrogens (tertiary/aromatic N) is 1. The Morgan fingerprint density at radius 2 is 1.57 bits per heavy atom. The van der Waals surface area contributed by atoms with Crippen LogP contribution in [0, 0.1) is 0 Å². The van der Waals surface area contributed by atoms with Gasteiger partial charge < -0.3 is 0 Å². The molecule has 1 aliphatic heterocycles. The van der Waals surface area contributed by atoms with E-state index in [0.717, 1.165) is 0 Å². The molecule has 1 heterocycles. The number of benzene rings is 2. The topological polar surface area (TPSA) is 75.7 Å². The molecule has 0 saturated carbocycles. The summed E-state index contributed by atoms with van der Waals surface area (Å²) in [5.41, 5.74) is 1.91. The predicted octanol–water partition coefficient (Wildman–Crippen LogP) is 1.64. The number of rotatable bonds is 5. The highest BCUT2D eigenvalue weighted by Gasteiger charge is 2.34. The molecule has 0 radical (unpaired) electrons. The molecule has 1 N–H and O–H groups in total. The third-order valence-corrected chi connectivity index (χ3v) is 3.18. The molecule has 3 rings (SSSR count). The zero-order chi connectivity index (χ0) is 19.8. The maximum atomic E-state index is 12.4. The zero-order valence-electron chi connectivity index (χ0n) is 15.8. The number of fused-ring (bicyclic) bond motifs is 1. The van der Waals surface area contributed by atoms with Gasteiger partial charge in [0.15, 0.2) is 0 Å². The van der Waals surface area contributed by atoms with Crippen LogP contribution in [-0.2, 0) is 4.84 Å². The van der Waals surface area contributed by atoms with Crippen LogP contribution in [0.3, 0.4) is 0 Å². The van der Waals surface area contributed by atoms with Gasteiger partial charge in [0.2, 0.25) is 0 Å². The molecule has 23 heavy (non-hydrogen) atoms. The van der Waals surface area contributed by atoms with Crippen molar-refractivity contribution in [3.05, 3.63) is 71.3 Å². The second-order valence-corrected chi connectivity index (χ2v) is 4.60. The number of amides is 3. The van der Waals surface area contributed by atoms with Crippen molar-refractivity contribution in [2.75, 3.05) is 13.1 Å². The van der Waals surface area contributed by atoms with Crippen molar-refractivity contribution in [1.29, 1.82) is 0 Å². The van der Waals surface area contributed by atoms with E-state index >= 15 is 0 Å². The van der Waals surface area contributed by atoms with Crippen LogP contribution in [-0.4, -0.2) is 35.7 Å². The number of nitrogens with one attached hydrogen (secondary N) is 1. The summed E-state index contributed by atoms with van der Waals surface area (Å²) in [6, 6.07) is 13.5. The van der Waals surface area contributed by atoms with Crippen molar-refractivity contribution < 1.29 is 24.7 Å². The Morgan fingerprint density at radius 1 is 1.00 bits per heavy atom. The molecule has 6 heteroatoms. The molecule has 0 spiro atoms. The maximum Gasteiger partial charge on any atom is 0.274 e. The molecule has 1 aliphatic rings. The summed E-state index contributed by atoms with van der Waals surface area (Å²) in [5.74, 6) is -2.78. The highest BCUT2D eigenvalue weighted by Crippen LogP contribution is 2.21. The van der Waals surface area contributed by atoms with E-state index in [-0.39, 0.29) is 21.6 Å². The van der Waals surface area contributed by atoms with Gasteiger partial charge in [-0.15, -0.1) is 0 Å². The second-order valence-electron chi connectivity index (χ2n) is 4.60. The van der Waals surface area contributed by atoms with E-state index < -0.39 is 30.8 Å². The number of hydroxylamine groups is 1. The smallest absolute Gasteiger partial charge is 0.272 e. The summed E-state index contributed by atoms with van der Waals surface area (Å²) in [5, 5.41) is 0. The minimum absolute atomic E-state index is 0.0319. The van der Waals surface area contributed by atoms with Gasteiger partial charge in [-0.25, -0.2) is 5.48 Å². The van der Waals surface area contributed by atoms with Crippen LogP contribution >= 0.6 is 0 Å². The van der Waals surface area contributed by atoms with Gasteiger partial charge >= 0.3 is 0 Å². The first-order valence-electron chi connectivity index (χ1n) is 8.68. The van der Waals surface area contributed by atoms with Crippen LogP contribution in [0.15, 0.2) is 54.6 Å². The predicted molar refractivity (Wildman–Crippen MR) is 81.7 cm³/mol. The van der Waals surface area contributed by atoms with Gasteiger partial charge in [0.25, 0.3) is 17.7 Å². The van der Waals surface area contributed by atoms with E-state index in [1.807, 2.05) is 5.48 Å². The normalized spacial score (nSPS) is 17.0. The van der Waals surface area contributed by atoms with Crippen molar-refractivity contribution in [3.63, 3.8) is 0 Å². The molecule has 0 fully saturated rings. The molecular weight excluding hydrogens is 296 g/mol. The van der Waals surface area contributed by atoms with Crippen LogP contribution in [0.4, 0.5) is 0 Å². The minimum atomic E-state index is -3.22. The van der Waals surface area contributed by atoms with Gasteiger partial charge in [0.1, 0.15) is 0 Å². The minimum Gasteiger partial charge on any atom is -0.272 e. The first kappa shape index (κ1) is 10.7. The lowest BCUT2D eigenvalue weighted by molar-refractivity contribution is 0.0227. The highest BCUT2D eigenvalue weighted by molar-refractivity contribution is 6.21. The third kappa shape index (κ3) is 2.97. The molecule has 2 aromatic carbocycles. The maximum absolute atomic E-state index is 12.4. The Balaban J connectivity index is 1.80. The van der Waals surface area contributed by atoms with E-state index in [0.29, 0.717) is 0 Å². The lowest BCUT2D eigenvalue weighted by Gasteiger charge is -2.13. The van der Waals surface area contributed by atoms with E-state index in [4.69, 9.17) is 5.48 Å². The summed E-state index contributed by atoms with van der Waals surface area (Å²) >= 11 is 0. The molecule has 0 aliphatic carbocycles. The molecule has 0 unspecified atom stereocenters. The Labute approximate surface area is 138 Å². The van der Waals surface area contributed by atoms with Crippen LogP contribution in [0.5, 0.6) is 0 Å². The van der Waals surface area contributed by atoms with E-state index in [1.165, 1.54) is 36.4 Å². The summed E-state index contributed by atoms with van der Waals surface area (Å²) in [7, 11) is 0. The summed E-state index contributed by atoms with van der Waals surface area (Å²) < 4.78 is 31.7. The number of imide groups is 1. The van der Waals surface area contributed by atoms with Crippen molar-refractivity contribution in [2.45, 2.75) is 0 Å². The Kier molecular flexibility index (Phi) is 2.98. The van der Waals surface area contributed by atoms with Gasteiger partial charge in [0.05, 0.1) is 29.7 Å². The Morgan fingerprint density at radius 3 is 2.17 bits per heavy atom. The molecule has 3 amide bonds. The van der Waals surface area contributed by atoms with Crippen LogP contribution in [0.1, 0.15) is 36.6 Å². The van der Waals surface area contributed by atoms with E-state index in [9.17, 15) is 14.4 Å². The summed E-state index contributed by atoms with van der Waals surface area (Å²) in [4.78, 5) is 41.6. The average Bonchev–Trinajstić information content (AvgIpc) is 2.92. The summed E-state index contributed by atoms with van der Waals surface area (Å²) in [6.07, 6.45) is 0. The van der Waals surface area contributed by atoms with Gasteiger partial charge in [-0.1, -0.05) is 30.3 Å². The molecule has 0 atom stereocenters. The van der Waals surface area contributed by atoms with Gasteiger partial charge in [-0.3, -0.25) is 24.1 Å². The van der Waals surface area contributed by atoms with Crippen molar-refractivity contribution in [2.24, 2.45) is 0 Å². The molecule has 2 aromatic rings. The highest BCUT2D eigenvalue weighted by atomic mass is 16.7. The largest absolute Gasteiger partial charge is 0.274 e. The van der Waals surface area contributed by atoms with E-state index in [2.05, 4.69) is 4.84 Å². The fourth-order valence-corrected chi connectivity index (χ4v) is 2.08. The number of carbonyl (C=O) groups is 3. The second kappa shape index (κ2) is 6.41. The fourth-order valence-electron chi connectivity index (χ4n) is 2.08. The molecule has 0 aromatic heterocycles. The first-order valence-corrected chi connectivity index (χ1v) is 6.68. The lowest BCUT2D eigenvalue weighted by atomic mass is 10.1. The average molecular weight is 314 g/mol. The van der Waals surface area contributed by atoms with Gasteiger partial charge in [-0.05, 0) is 24.3 Å². The number of carbonyl (C=O) groups excluding carboxylic acids is 3. The van der Waals surface area contributed by atoms with Crippen molar-refractivity contribution in [3.8, 4) is 0 Å². The first-order chi connectivity index (χ1) is 12.7. The van der Waals surface area contributed by atoms with E-state index in [1.54, 1.807) is 18.2 Å². The fraction of sp³-hybridized carbons (Fsp3) is 0.118. The van der Waals surface area contributed by atoms with Crippen LogP contribution < -0.4 is 5.48 Å². The van der Waals surface area contributed by atoms with Crippen molar-refractivity contribution >= 4 is 17.7 Å². The molecule has 6 nitrogen and oxygen atoms in total. The Hall–Kier alpha value is -2.99. The van der Waals surface area contributed by atoms with Gasteiger partial charge in [-0.2, -0.15) is 0 Å². The molecular formula is C17H14N2O4.